The maximum atomic E-state index is 11.0. The molecule has 0 saturated carbocycles. The number of aromatic carboxylic acids is 1. The van der Waals surface area contributed by atoms with E-state index in [1.807, 2.05) is 0 Å². The van der Waals surface area contributed by atoms with Crippen LogP contribution in [0.3, 0.4) is 0 Å². The number of rotatable bonds is 10. The van der Waals surface area contributed by atoms with Crippen molar-refractivity contribution in [3.8, 4) is 11.5 Å². The highest BCUT2D eigenvalue weighted by Gasteiger charge is 2.41. The summed E-state index contributed by atoms with van der Waals surface area (Å²) in [6.07, 6.45) is 0. The van der Waals surface area contributed by atoms with Crippen LogP contribution < -0.4 is 4.74 Å². The van der Waals surface area contributed by atoms with Gasteiger partial charge in [-0.2, -0.15) is 0 Å². The van der Waals surface area contributed by atoms with Crippen molar-refractivity contribution >= 4 is 31.2 Å². The van der Waals surface area contributed by atoms with Crippen LogP contribution in [0.4, 0.5) is 0 Å². The van der Waals surface area contributed by atoms with Crippen LogP contribution >= 0.6 is 0 Å². The molecule has 0 bridgehead atoms. The number of carboxylic acids is 1. The van der Waals surface area contributed by atoms with Crippen molar-refractivity contribution in [3.05, 3.63) is 23.8 Å². The zero-order chi connectivity index (χ0) is 21.0. The van der Waals surface area contributed by atoms with E-state index in [0.29, 0.717) is 12.4 Å². The van der Waals surface area contributed by atoms with E-state index in [0.717, 1.165) is 6.04 Å². The molecule has 9 heteroatoms. The number of aromatic hydroxyl groups is 1. The van der Waals surface area contributed by atoms with Crippen LogP contribution in [-0.2, 0) is 8.23 Å². The standard InChI is InChI=1S/C18H34O6Si3/c1-14(12-22-15-9-10-16(18(20)21)17(19)11-15)13-27(8,23-25(2,3)4)24-26(5,6)7/h9-11,14,19H,12-13H2,1-8H3,(H,20,21). The van der Waals surface area contributed by atoms with Crippen molar-refractivity contribution < 1.29 is 28.0 Å². The first kappa shape index (κ1) is 23.9. The van der Waals surface area contributed by atoms with Gasteiger partial charge in [-0.05, 0) is 69.9 Å². The smallest absolute Gasteiger partial charge is 0.339 e. The van der Waals surface area contributed by atoms with E-state index in [1.54, 1.807) is 6.07 Å². The van der Waals surface area contributed by atoms with Gasteiger partial charge in [-0.3, -0.25) is 0 Å². The van der Waals surface area contributed by atoms with Gasteiger partial charge < -0.3 is 23.2 Å². The van der Waals surface area contributed by atoms with Gasteiger partial charge in [-0.25, -0.2) is 4.79 Å². The van der Waals surface area contributed by atoms with E-state index >= 15 is 0 Å². The van der Waals surface area contributed by atoms with Crippen LogP contribution in [0.1, 0.15) is 17.3 Å². The molecule has 1 atom stereocenters. The number of carboxylic acid groups (broad SMARTS) is 1. The van der Waals surface area contributed by atoms with E-state index in [2.05, 4.69) is 52.8 Å². The molecule has 0 aromatic heterocycles. The number of benzene rings is 1. The third kappa shape index (κ3) is 9.06. The molecule has 1 aromatic carbocycles. The second-order valence-corrected chi connectivity index (χ2v) is 21.9. The summed E-state index contributed by atoms with van der Waals surface area (Å²) in [7, 11) is -5.82. The van der Waals surface area contributed by atoms with Gasteiger partial charge in [0.1, 0.15) is 17.1 Å². The Morgan fingerprint density at radius 2 is 1.56 bits per heavy atom. The van der Waals surface area contributed by atoms with Crippen molar-refractivity contribution in [3.63, 3.8) is 0 Å². The Kier molecular flexibility index (Phi) is 7.89. The SMILES string of the molecule is CC(COc1ccc(C(=O)O)c(O)c1)C[Si](C)(O[Si](C)(C)C)O[Si](C)(C)C. The molecule has 1 rings (SSSR count). The zero-order valence-electron chi connectivity index (χ0n) is 17.8. The van der Waals surface area contributed by atoms with Gasteiger partial charge in [0.15, 0.2) is 16.6 Å². The van der Waals surface area contributed by atoms with Crippen molar-refractivity contribution in [1.82, 2.24) is 0 Å². The first-order chi connectivity index (χ1) is 12.1. The van der Waals surface area contributed by atoms with Crippen LogP contribution in [0.25, 0.3) is 0 Å². The minimum Gasteiger partial charge on any atom is -0.507 e. The van der Waals surface area contributed by atoms with Crippen molar-refractivity contribution in [2.45, 2.75) is 58.8 Å². The predicted octanol–water partition coefficient (Wildman–Crippen LogP) is 4.88. The Bertz CT molecular complexity index is 635. The van der Waals surface area contributed by atoms with E-state index in [1.165, 1.54) is 12.1 Å². The molecule has 0 radical (unpaired) electrons. The summed E-state index contributed by atoms with van der Waals surface area (Å²) < 4.78 is 18.8. The number of ether oxygens (including phenoxy) is 1. The Hall–Kier alpha value is -1.14. The second-order valence-electron chi connectivity index (χ2n) is 9.17. The first-order valence-corrected chi connectivity index (χ1v) is 18.5. The van der Waals surface area contributed by atoms with Crippen LogP contribution in [0, 0.1) is 5.92 Å². The molecule has 0 spiro atoms. The molecule has 0 aliphatic heterocycles. The molecule has 154 valence electrons. The fraction of sp³-hybridized carbons (Fsp3) is 0.611. The lowest BCUT2D eigenvalue weighted by atomic mass is 10.2. The van der Waals surface area contributed by atoms with Gasteiger partial charge in [0.25, 0.3) is 0 Å². The summed E-state index contributed by atoms with van der Waals surface area (Å²) >= 11 is 0. The molecule has 1 unspecified atom stereocenters. The lowest BCUT2D eigenvalue weighted by Gasteiger charge is -2.39. The van der Waals surface area contributed by atoms with E-state index in [4.69, 9.17) is 18.1 Å². The molecule has 0 aliphatic rings. The molecule has 0 heterocycles. The highest BCUT2D eigenvalue weighted by atomic mass is 28.5. The number of hydrogen-bond donors (Lipinski definition) is 2. The summed E-state index contributed by atoms with van der Waals surface area (Å²) in [5, 5.41) is 18.8. The van der Waals surface area contributed by atoms with E-state index < -0.39 is 31.2 Å². The molecule has 1 aromatic rings. The lowest BCUT2D eigenvalue weighted by Crippen LogP contribution is -2.53. The van der Waals surface area contributed by atoms with Crippen LogP contribution in [-0.4, -0.2) is 48.0 Å². The van der Waals surface area contributed by atoms with Gasteiger partial charge in [-0.1, -0.05) is 6.92 Å². The normalized spacial score (nSPS) is 14.1. The molecule has 0 fully saturated rings. The summed E-state index contributed by atoms with van der Waals surface area (Å²) in [4.78, 5) is 11.0. The predicted molar refractivity (Wildman–Crippen MR) is 115 cm³/mol. The van der Waals surface area contributed by atoms with Crippen molar-refractivity contribution in [2.24, 2.45) is 5.92 Å². The molecule has 0 amide bonds. The molecular weight excluding hydrogens is 396 g/mol. The summed E-state index contributed by atoms with van der Waals surface area (Å²) in [5.41, 5.74) is -0.137. The van der Waals surface area contributed by atoms with Gasteiger partial charge in [-0.15, -0.1) is 0 Å². The molecular formula is C18H34O6Si3. The highest BCUT2D eigenvalue weighted by Crippen LogP contribution is 2.29. The van der Waals surface area contributed by atoms with Crippen molar-refractivity contribution in [2.75, 3.05) is 6.61 Å². The molecule has 0 aliphatic carbocycles. The molecule has 27 heavy (non-hydrogen) atoms. The monoisotopic (exact) mass is 430 g/mol. The minimum absolute atomic E-state index is 0.137. The average molecular weight is 431 g/mol. The second kappa shape index (κ2) is 8.91. The highest BCUT2D eigenvalue weighted by molar-refractivity contribution is 6.87. The zero-order valence-corrected chi connectivity index (χ0v) is 20.8. The average Bonchev–Trinajstić information content (AvgIpc) is 2.39. The number of phenols is 1. The Morgan fingerprint density at radius 1 is 1.04 bits per heavy atom. The van der Waals surface area contributed by atoms with E-state index in [9.17, 15) is 9.90 Å². The van der Waals surface area contributed by atoms with Crippen molar-refractivity contribution in [1.29, 1.82) is 0 Å². The largest absolute Gasteiger partial charge is 0.507 e. The van der Waals surface area contributed by atoms with Gasteiger partial charge in [0, 0.05) is 6.07 Å². The van der Waals surface area contributed by atoms with Gasteiger partial charge >= 0.3 is 14.5 Å². The van der Waals surface area contributed by atoms with Crippen LogP contribution in [0.15, 0.2) is 18.2 Å². The molecule has 6 nitrogen and oxygen atoms in total. The third-order valence-corrected chi connectivity index (χ3v) is 13.3. The number of carbonyl (C=O) groups is 1. The van der Waals surface area contributed by atoms with E-state index in [-0.39, 0.29) is 17.2 Å². The number of hydrogen-bond acceptors (Lipinski definition) is 5. The van der Waals surface area contributed by atoms with Crippen LogP contribution in [0.2, 0.25) is 51.9 Å². The molecule has 0 saturated heterocycles. The Morgan fingerprint density at radius 3 is 1.96 bits per heavy atom. The molecule has 2 N–H and O–H groups in total. The van der Waals surface area contributed by atoms with Crippen LogP contribution in [0.5, 0.6) is 11.5 Å². The topological polar surface area (TPSA) is 85.2 Å². The summed E-state index contributed by atoms with van der Waals surface area (Å²) in [5.74, 6) is -0.808. The Labute approximate surface area is 166 Å². The fourth-order valence-electron chi connectivity index (χ4n) is 3.11. The fourth-order valence-corrected chi connectivity index (χ4v) is 16.1. The van der Waals surface area contributed by atoms with Gasteiger partial charge in [0.05, 0.1) is 6.61 Å². The minimum atomic E-state index is -2.34. The van der Waals surface area contributed by atoms with Gasteiger partial charge in [0.2, 0.25) is 0 Å². The maximum absolute atomic E-state index is 11.0. The lowest BCUT2D eigenvalue weighted by molar-refractivity contribution is 0.0693. The first-order valence-electron chi connectivity index (χ1n) is 9.20. The maximum Gasteiger partial charge on any atom is 0.339 e. The third-order valence-electron chi connectivity index (χ3n) is 3.50. The summed E-state index contributed by atoms with van der Waals surface area (Å²) in [6, 6.07) is 5.06. The Balaban J connectivity index is 2.77. The quantitative estimate of drug-likeness (QED) is 0.515. The summed E-state index contributed by atoms with van der Waals surface area (Å²) in [6.45, 7) is 17.8.